The Bertz CT molecular complexity index is 477. The van der Waals surface area contributed by atoms with Crippen molar-refractivity contribution in [3.63, 3.8) is 0 Å². The molecule has 1 heterocycles. The van der Waals surface area contributed by atoms with Gasteiger partial charge in [-0.2, -0.15) is 0 Å². The van der Waals surface area contributed by atoms with Crippen LogP contribution in [0.1, 0.15) is 18.9 Å². The van der Waals surface area contributed by atoms with Crippen molar-refractivity contribution in [2.45, 2.75) is 18.8 Å². The lowest BCUT2D eigenvalue weighted by molar-refractivity contribution is -0.123. The zero-order valence-corrected chi connectivity index (χ0v) is 8.71. The number of nitrogens with one attached hydrogen (secondary N) is 1. The number of hydrogen-bond acceptors (Lipinski definition) is 1. The molecule has 1 aromatic carbocycles. The summed E-state index contributed by atoms with van der Waals surface area (Å²) < 4.78 is 0. The standard InChI is InChI=1S/C13H13NO/c1-8-7-13(2)9-5-3-4-6-10(9)14-12(15)11(8)13/h3-6,11H,1,7H2,2H3,(H,14,15)/t11-,13+/m0/s1. The predicted molar refractivity (Wildman–Crippen MR) is 59.7 cm³/mol. The molecule has 0 spiro atoms. The molecule has 0 bridgehead atoms. The fourth-order valence-electron chi connectivity index (χ4n) is 3.02. The molecule has 0 unspecified atom stereocenters. The van der Waals surface area contributed by atoms with Crippen LogP contribution in [0.5, 0.6) is 0 Å². The van der Waals surface area contributed by atoms with Crippen LogP contribution in [0.4, 0.5) is 5.69 Å². The summed E-state index contributed by atoms with van der Waals surface area (Å²) in [5.74, 6) is 0.0832. The van der Waals surface area contributed by atoms with Crippen LogP contribution in [0.3, 0.4) is 0 Å². The number of rotatable bonds is 0. The molecule has 1 aliphatic heterocycles. The van der Waals surface area contributed by atoms with Crippen LogP contribution in [0.15, 0.2) is 36.4 Å². The minimum absolute atomic E-state index is 0.0178. The first-order valence-corrected chi connectivity index (χ1v) is 5.21. The molecule has 2 nitrogen and oxygen atoms in total. The molecule has 1 fully saturated rings. The van der Waals surface area contributed by atoms with Crippen molar-refractivity contribution >= 4 is 11.6 Å². The third-order valence-electron chi connectivity index (χ3n) is 3.70. The van der Waals surface area contributed by atoms with E-state index in [1.165, 1.54) is 5.56 Å². The van der Waals surface area contributed by atoms with Crippen molar-refractivity contribution in [2.75, 3.05) is 5.32 Å². The lowest BCUT2D eigenvalue weighted by Gasteiger charge is -2.51. The van der Waals surface area contributed by atoms with Crippen molar-refractivity contribution in [3.05, 3.63) is 42.0 Å². The largest absolute Gasteiger partial charge is 0.325 e. The van der Waals surface area contributed by atoms with E-state index >= 15 is 0 Å². The Kier molecular flexibility index (Phi) is 1.46. The average molecular weight is 199 g/mol. The second-order valence-corrected chi connectivity index (χ2v) is 4.72. The number of fused-ring (bicyclic) bond motifs is 3. The summed E-state index contributed by atoms with van der Waals surface area (Å²) in [5, 5.41) is 2.95. The van der Waals surface area contributed by atoms with Crippen molar-refractivity contribution in [1.82, 2.24) is 0 Å². The van der Waals surface area contributed by atoms with E-state index in [1.807, 2.05) is 18.2 Å². The van der Waals surface area contributed by atoms with E-state index in [4.69, 9.17) is 0 Å². The van der Waals surface area contributed by atoms with E-state index in [9.17, 15) is 4.79 Å². The molecule has 2 atom stereocenters. The van der Waals surface area contributed by atoms with Gasteiger partial charge in [0.05, 0.1) is 5.92 Å². The van der Waals surface area contributed by atoms with Gasteiger partial charge in [-0.1, -0.05) is 37.3 Å². The van der Waals surface area contributed by atoms with Crippen molar-refractivity contribution in [3.8, 4) is 0 Å². The van der Waals surface area contributed by atoms with Crippen LogP contribution in [0.2, 0.25) is 0 Å². The first-order chi connectivity index (χ1) is 7.13. The summed E-state index contributed by atoms with van der Waals surface area (Å²) in [5.41, 5.74) is 3.26. The van der Waals surface area contributed by atoms with Gasteiger partial charge in [0, 0.05) is 11.1 Å². The quantitative estimate of drug-likeness (QED) is 0.639. The number of carbonyl (C=O) groups is 1. The highest BCUT2D eigenvalue weighted by atomic mass is 16.2. The molecule has 2 heteroatoms. The maximum absolute atomic E-state index is 11.9. The maximum atomic E-state index is 11.9. The zero-order chi connectivity index (χ0) is 10.6. The van der Waals surface area contributed by atoms with Crippen LogP contribution < -0.4 is 5.32 Å². The van der Waals surface area contributed by atoms with Crippen molar-refractivity contribution in [2.24, 2.45) is 5.92 Å². The van der Waals surface area contributed by atoms with E-state index in [1.54, 1.807) is 0 Å². The van der Waals surface area contributed by atoms with Gasteiger partial charge < -0.3 is 5.32 Å². The molecule has 0 saturated heterocycles. The Morgan fingerprint density at radius 2 is 2.20 bits per heavy atom. The molecule has 3 rings (SSSR count). The third-order valence-corrected chi connectivity index (χ3v) is 3.70. The van der Waals surface area contributed by atoms with Gasteiger partial charge in [-0.3, -0.25) is 4.79 Å². The Morgan fingerprint density at radius 1 is 1.47 bits per heavy atom. The Hall–Kier alpha value is -1.57. The molecule has 2 aliphatic rings. The van der Waals surface area contributed by atoms with Crippen LogP contribution in [0, 0.1) is 5.92 Å². The monoisotopic (exact) mass is 199 g/mol. The topological polar surface area (TPSA) is 29.1 Å². The highest BCUT2D eigenvalue weighted by molar-refractivity contribution is 6.00. The SMILES string of the molecule is C=C1C[C@]2(C)c3ccccc3NC(=O)[C@H]12. The second kappa shape index (κ2) is 2.51. The van der Waals surface area contributed by atoms with Gasteiger partial charge in [-0.25, -0.2) is 0 Å². The molecule has 1 saturated carbocycles. The van der Waals surface area contributed by atoms with Crippen molar-refractivity contribution < 1.29 is 4.79 Å². The number of benzene rings is 1. The second-order valence-electron chi connectivity index (χ2n) is 4.72. The number of carbonyl (C=O) groups excluding carboxylic acids is 1. The fourth-order valence-corrected chi connectivity index (χ4v) is 3.02. The summed E-state index contributed by atoms with van der Waals surface area (Å²) in [7, 11) is 0. The van der Waals surface area contributed by atoms with Gasteiger partial charge >= 0.3 is 0 Å². The molecule has 1 N–H and O–H groups in total. The van der Waals surface area contributed by atoms with Crippen LogP contribution >= 0.6 is 0 Å². The summed E-state index contributed by atoms with van der Waals surface area (Å²) in [4.78, 5) is 11.9. The van der Waals surface area contributed by atoms with Gasteiger partial charge in [0.1, 0.15) is 0 Å². The van der Waals surface area contributed by atoms with Gasteiger partial charge in [0.25, 0.3) is 0 Å². The molecule has 1 aliphatic carbocycles. The summed E-state index contributed by atoms with van der Waals surface area (Å²) >= 11 is 0. The van der Waals surface area contributed by atoms with E-state index in [0.717, 1.165) is 17.7 Å². The number of para-hydroxylation sites is 1. The minimum atomic E-state index is -0.0209. The molecule has 1 amide bonds. The van der Waals surface area contributed by atoms with E-state index in [2.05, 4.69) is 24.9 Å². The van der Waals surface area contributed by atoms with Gasteiger partial charge in [-0.15, -0.1) is 0 Å². The Morgan fingerprint density at radius 3 is 2.93 bits per heavy atom. The molecule has 0 radical (unpaired) electrons. The minimum Gasteiger partial charge on any atom is -0.325 e. The Balaban J connectivity index is 2.20. The molecule has 15 heavy (non-hydrogen) atoms. The fraction of sp³-hybridized carbons (Fsp3) is 0.308. The first-order valence-electron chi connectivity index (χ1n) is 5.21. The van der Waals surface area contributed by atoms with E-state index in [-0.39, 0.29) is 17.2 Å². The van der Waals surface area contributed by atoms with Crippen LogP contribution in [0.25, 0.3) is 0 Å². The average Bonchev–Trinajstić information content (AvgIpc) is 2.16. The smallest absolute Gasteiger partial charge is 0.232 e. The molecule has 1 aromatic rings. The van der Waals surface area contributed by atoms with E-state index < -0.39 is 0 Å². The van der Waals surface area contributed by atoms with Crippen LogP contribution in [-0.2, 0) is 10.2 Å². The molecular weight excluding hydrogens is 186 g/mol. The Labute approximate surface area is 89.0 Å². The lowest BCUT2D eigenvalue weighted by atomic mass is 9.53. The highest BCUT2D eigenvalue weighted by Gasteiger charge is 2.54. The van der Waals surface area contributed by atoms with Crippen LogP contribution in [-0.4, -0.2) is 5.91 Å². The summed E-state index contributed by atoms with van der Waals surface area (Å²) in [6.07, 6.45) is 0.933. The van der Waals surface area contributed by atoms with Gasteiger partial charge in [0.15, 0.2) is 0 Å². The van der Waals surface area contributed by atoms with Gasteiger partial charge in [-0.05, 0) is 18.1 Å². The third kappa shape index (κ3) is 0.916. The van der Waals surface area contributed by atoms with E-state index in [0.29, 0.717) is 0 Å². The molecule has 0 aromatic heterocycles. The number of hydrogen-bond donors (Lipinski definition) is 1. The molecular formula is C13H13NO. The lowest BCUT2D eigenvalue weighted by Crippen LogP contribution is -2.53. The van der Waals surface area contributed by atoms with Crippen molar-refractivity contribution in [1.29, 1.82) is 0 Å². The van der Waals surface area contributed by atoms with Gasteiger partial charge in [0.2, 0.25) is 5.91 Å². The number of anilines is 1. The first kappa shape index (κ1) is 8.72. The highest BCUT2D eigenvalue weighted by Crippen LogP contribution is 2.55. The molecule has 76 valence electrons. The number of amides is 1. The predicted octanol–water partition coefficient (Wildman–Crippen LogP) is 2.47. The zero-order valence-electron chi connectivity index (χ0n) is 8.71. The summed E-state index contributed by atoms with van der Waals surface area (Å²) in [6.45, 7) is 6.11. The normalized spacial score (nSPS) is 32.5. The summed E-state index contributed by atoms with van der Waals surface area (Å²) in [6, 6.07) is 8.06. The maximum Gasteiger partial charge on any atom is 0.232 e.